The molecule has 16 unspecified atom stereocenters. The molecule has 10 N–H and O–H groups in total. The lowest BCUT2D eigenvalue weighted by molar-refractivity contribution is -0.374. The van der Waals surface area contributed by atoms with Crippen LogP contribution < -0.4 is 0 Å². The summed E-state index contributed by atoms with van der Waals surface area (Å²) in [6.07, 6.45) is -7.63. The zero-order valence-corrected chi connectivity index (χ0v) is 32.0. The molecule has 0 aromatic heterocycles. The highest BCUT2D eigenvalue weighted by atomic mass is 16.8. The first-order valence-corrected chi connectivity index (χ1v) is 20.0. The fourth-order valence-corrected chi connectivity index (χ4v) is 6.95. The molecular formula is C37H70O17. The lowest BCUT2D eigenvalue weighted by Crippen LogP contribution is -2.65. The van der Waals surface area contributed by atoms with Gasteiger partial charge in [-0.2, -0.15) is 0 Å². The first kappa shape index (κ1) is 47.7. The molecule has 0 saturated carbocycles. The second kappa shape index (κ2) is 25.6. The van der Waals surface area contributed by atoms with Crippen molar-refractivity contribution in [2.75, 3.05) is 39.6 Å². The normalized spacial score (nSPS) is 37.3. The van der Waals surface area contributed by atoms with Gasteiger partial charge >= 0.3 is 0 Å². The maximum Gasteiger partial charge on any atom is 0.187 e. The average molecular weight is 787 g/mol. The third-order valence-electron chi connectivity index (χ3n) is 10.5. The van der Waals surface area contributed by atoms with Crippen LogP contribution in [0.15, 0.2) is 0 Å². The van der Waals surface area contributed by atoms with Gasteiger partial charge in [0.2, 0.25) is 0 Å². The summed E-state index contributed by atoms with van der Waals surface area (Å²) in [7, 11) is 0. The number of hydrogen-bond donors (Lipinski definition) is 10. The molecule has 16 atom stereocenters. The van der Waals surface area contributed by atoms with Crippen molar-refractivity contribution in [3.05, 3.63) is 0 Å². The number of rotatable bonds is 26. The van der Waals surface area contributed by atoms with Crippen LogP contribution in [0.3, 0.4) is 0 Å². The highest BCUT2D eigenvalue weighted by Gasteiger charge is 2.51. The van der Waals surface area contributed by atoms with Gasteiger partial charge in [-0.05, 0) is 12.3 Å². The molecule has 17 nitrogen and oxygen atoms in total. The number of aliphatic hydroxyl groups is 10. The zero-order valence-electron chi connectivity index (χ0n) is 32.0. The van der Waals surface area contributed by atoms with Crippen molar-refractivity contribution < 1.29 is 84.2 Å². The van der Waals surface area contributed by atoms with Gasteiger partial charge in [0.15, 0.2) is 18.9 Å². The summed E-state index contributed by atoms with van der Waals surface area (Å²) in [6.45, 7) is 2.79. The van der Waals surface area contributed by atoms with Crippen molar-refractivity contribution in [2.45, 2.75) is 189 Å². The molecular weight excluding hydrogens is 716 g/mol. The summed E-state index contributed by atoms with van der Waals surface area (Å²) in [6, 6.07) is 0. The minimum atomic E-state index is -1.84. The minimum absolute atomic E-state index is 0.0975. The van der Waals surface area contributed by atoms with Crippen molar-refractivity contribution in [3.8, 4) is 0 Å². The van der Waals surface area contributed by atoms with Gasteiger partial charge in [-0.25, -0.2) is 0 Å². The summed E-state index contributed by atoms with van der Waals surface area (Å²) in [4.78, 5) is 0. The smallest absolute Gasteiger partial charge is 0.187 e. The van der Waals surface area contributed by atoms with E-state index in [-0.39, 0.29) is 19.8 Å². The Labute approximate surface area is 319 Å². The van der Waals surface area contributed by atoms with Gasteiger partial charge in [-0.1, -0.05) is 90.9 Å². The van der Waals surface area contributed by atoms with Gasteiger partial charge in [-0.15, -0.1) is 0 Å². The first-order valence-electron chi connectivity index (χ1n) is 20.0. The molecule has 320 valence electrons. The molecule has 0 spiro atoms. The number of hydrogen-bond acceptors (Lipinski definition) is 17. The molecule has 17 heteroatoms. The fraction of sp³-hybridized carbons (Fsp3) is 1.00. The van der Waals surface area contributed by atoms with Crippen LogP contribution in [0.25, 0.3) is 0 Å². The number of ether oxygens (including phenoxy) is 7. The highest BCUT2D eigenvalue weighted by molar-refractivity contribution is 4.94. The molecule has 3 aliphatic rings. The third-order valence-corrected chi connectivity index (χ3v) is 10.5. The molecule has 0 aromatic carbocycles. The Hall–Kier alpha value is -0.680. The van der Waals surface area contributed by atoms with E-state index in [0.717, 1.165) is 31.6 Å². The van der Waals surface area contributed by atoms with Crippen LogP contribution in [0.5, 0.6) is 0 Å². The second-order valence-electron chi connectivity index (χ2n) is 15.1. The monoisotopic (exact) mass is 786 g/mol. The van der Waals surface area contributed by atoms with E-state index in [1.165, 1.54) is 57.8 Å². The van der Waals surface area contributed by atoms with E-state index in [2.05, 4.69) is 13.8 Å². The van der Waals surface area contributed by atoms with Gasteiger partial charge in [0, 0.05) is 6.61 Å². The Kier molecular flexibility index (Phi) is 22.6. The Bertz CT molecular complexity index is 966. The molecule has 54 heavy (non-hydrogen) atoms. The summed E-state index contributed by atoms with van der Waals surface area (Å²) in [5.74, 6) is 0.787. The predicted octanol–water partition coefficient (Wildman–Crippen LogP) is -0.805. The van der Waals surface area contributed by atoms with E-state index in [9.17, 15) is 51.1 Å². The quantitative estimate of drug-likeness (QED) is 0.0481. The Morgan fingerprint density at radius 3 is 1.78 bits per heavy atom. The lowest BCUT2D eigenvalue weighted by atomic mass is 9.96. The molecule has 0 amide bonds. The molecule has 3 saturated heterocycles. The maximum atomic E-state index is 11.0. The van der Waals surface area contributed by atoms with Crippen molar-refractivity contribution in [3.63, 3.8) is 0 Å². The summed E-state index contributed by atoms with van der Waals surface area (Å²) < 4.78 is 40.0. The van der Waals surface area contributed by atoms with Gasteiger partial charge in [-0.3, -0.25) is 0 Å². The van der Waals surface area contributed by atoms with Crippen LogP contribution in [0, 0.1) is 5.92 Å². The molecule has 3 aliphatic heterocycles. The molecule has 0 aliphatic carbocycles. The van der Waals surface area contributed by atoms with Crippen molar-refractivity contribution >= 4 is 0 Å². The summed E-state index contributed by atoms with van der Waals surface area (Å²) >= 11 is 0. The van der Waals surface area contributed by atoms with E-state index < -0.39 is 105 Å². The van der Waals surface area contributed by atoms with Crippen molar-refractivity contribution in [1.29, 1.82) is 0 Å². The maximum absolute atomic E-state index is 11.0. The van der Waals surface area contributed by atoms with E-state index >= 15 is 0 Å². The van der Waals surface area contributed by atoms with E-state index in [1.807, 2.05) is 0 Å². The van der Waals surface area contributed by atoms with Crippen LogP contribution in [-0.2, 0) is 33.2 Å². The topological polar surface area (TPSA) is 267 Å². The molecule has 0 bridgehead atoms. The lowest BCUT2D eigenvalue weighted by Gasteiger charge is -2.46. The van der Waals surface area contributed by atoms with Crippen LogP contribution in [0.4, 0.5) is 0 Å². The van der Waals surface area contributed by atoms with Gasteiger partial charge < -0.3 is 84.2 Å². The van der Waals surface area contributed by atoms with Gasteiger partial charge in [0.1, 0.15) is 73.2 Å². The predicted molar refractivity (Wildman–Crippen MR) is 191 cm³/mol. The highest BCUT2D eigenvalue weighted by Crippen LogP contribution is 2.31. The van der Waals surface area contributed by atoms with Crippen LogP contribution in [-0.4, -0.2) is 183 Å². The Balaban J connectivity index is 1.54. The van der Waals surface area contributed by atoms with E-state index in [0.29, 0.717) is 6.61 Å². The summed E-state index contributed by atoms with van der Waals surface area (Å²) in [5, 5.41) is 102. The Morgan fingerprint density at radius 1 is 0.593 bits per heavy atom. The zero-order chi connectivity index (χ0) is 39.6. The molecule has 3 rings (SSSR count). The summed E-state index contributed by atoms with van der Waals surface area (Å²) in [5.41, 5.74) is 0. The van der Waals surface area contributed by atoms with Crippen LogP contribution in [0.2, 0.25) is 0 Å². The minimum Gasteiger partial charge on any atom is -0.394 e. The van der Waals surface area contributed by atoms with Crippen molar-refractivity contribution in [1.82, 2.24) is 0 Å². The van der Waals surface area contributed by atoms with Crippen LogP contribution >= 0.6 is 0 Å². The fourth-order valence-electron chi connectivity index (χ4n) is 6.95. The molecule has 3 fully saturated rings. The largest absolute Gasteiger partial charge is 0.394 e. The van der Waals surface area contributed by atoms with E-state index in [4.69, 9.17) is 33.2 Å². The number of unbranched alkanes of at least 4 members (excludes halogenated alkanes) is 9. The molecule has 3 heterocycles. The van der Waals surface area contributed by atoms with Crippen molar-refractivity contribution in [2.24, 2.45) is 5.92 Å². The average Bonchev–Trinajstić information content (AvgIpc) is 3.16. The van der Waals surface area contributed by atoms with E-state index in [1.54, 1.807) is 0 Å². The third kappa shape index (κ3) is 14.9. The van der Waals surface area contributed by atoms with Gasteiger partial charge in [0.05, 0.1) is 33.0 Å². The van der Waals surface area contributed by atoms with Crippen LogP contribution in [0.1, 0.15) is 97.3 Å². The second-order valence-corrected chi connectivity index (χ2v) is 15.1. The molecule has 0 radical (unpaired) electrons. The Morgan fingerprint density at radius 2 is 1.15 bits per heavy atom. The number of aliphatic hydroxyl groups excluding tert-OH is 10. The molecule has 0 aromatic rings. The van der Waals surface area contributed by atoms with Gasteiger partial charge in [0.25, 0.3) is 0 Å². The first-order chi connectivity index (χ1) is 25.9. The standard InChI is InChI=1S/C37H70O17/c1-3-4-5-11-14-22(2)15-12-9-7-6-8-10-13-16-48-19-23(20-49-35-32(46)27(41)24(40)21-50-35)51-37-34(31(45)29(43)26(18-39)53-37)54-36-33(47)30(44)28(42)25(17-38)52-36/h22-47H,3-21H2,1-2H3. The SMILES string of the molecule is CCCCCCC(C)CCCCCCCCCOCC(COC1OCC(O)C(O)C1O)OC1OC(CO)C(O)C(O)C1OC1OC(CO)C(O)C(O)C1O.